The standard InChI is InChI=1S/C28H31N7O6/c1-4-33-9-11-34(12-10-33)24(32-39)19-13-23(41-3)22(29-15-19)7-8-28(26(37)30-27(38)31-28)17-35-16-18-5-6-20(40-2)14-21(18)25(35)36/h5-6,13-15,39H,4,9-12,16-17H2,1-3H3,(H2,30,31,37,38)/b32-24+/t28-/m1/s1. The number of amidine groups is 1. The molecular weight excluding hydrogens is 530 g/mol. The predicted octanol–water partition coefficient (Wildman–Crippen LogP) is 0.458. The van der Waals surface area contributed by atoms with Crippen LogP contribution in [-0.4, -0.2) is 108 Å². The van der Waals surface area contributed by atoms with Crippen LogP contribution in [-0.2, 0) is 11.3 Å². The van der Waals surface area contributed by atoms with Gasteiger partial charge in [-0.1, -0.05) is 24.1 Å². The Morgan fingerprint density at radius 1 is 1.15 bits per heavy atom. The monoisotopic (exact) mass is 561 g/mol. The first kappa shape index (κ1) is 27.7. The summed E-state index contributed by atoms with van der Waals surface area (Å²) in [6, 6.07) is 6.15. The number of methoxy groups -OCH3 is 2. The van der Waals surface area contributed by atoms with Crippen LogP contribution in [0.5, 0.6) is 11.5 Å². The van der Waals surface area contributed by atoms with Crippen molar-refractivity contribution in [1.29, 1.82) is 0 Å². The maximum Gasteiger partial charge on any atom is 0.323 e. The van der Waals surface area contributed by atoms with Crippen molar-refractivity contribution in [3.8, 4) is 23.3 Å². The van der Waals surface area contributed by atoms with Crippen LogP contribution in [0.1, 0.15) is 34.1 Å². The Kier molecular flexibility index (Phi) is 7.67. The molecule has 4 heterocycles. The Labute approximate surface area is 237 Å². The molecule has 3 aliphatic rings. The molecule has 214 valence electrons. The number of imide groups is 1. The minimum absolute atomic E-state index is 0.182. The Balaban J connectivity index is 1.41. The summed E-state index contributed by atoms with van der Waals surface area (Å²) in [4.78, 5) is 48.5. The van der Waals surface area contributed by atoms with Crippen LogP contribution in [0, 0.1) is 11.8 Å². The van der Waals surface area contributed by atoms with Gasteiger partial charge in [0.2, 0.25) is 5.54 Å². The lowest BCUT2D eigenvalue weighted by molar-refractivity contribution is -0.122. The molecule has 13 nitrogen and oxygen atoms in total. The third kappa shape index (κ3) is 5.33. The second-order valence-electron chi connectivity index (χ2n) is 9.87. The minimum Gasteiger partial charge on any atom is -0.497 e. The first-order valence-electron chi connectivity index (χ1n) is 13.2. The number of pyridine rings is 1. The van der Waals surface area contributed by atoms with Gasteiger partial charge in [-0.25, -0.2) is 9.78 Å². The summed E-state index contributed by atoms with van der Waals surface area (Å²) >= 11 is 0. The number of piperazine rings is 1. The van der Waals surface area contributed by atoms with E-state index in [1.54, 1.807) is 24.3 Å². The first-order valence-corrected chi connectivity index (χ1v) is 13.2. The van der Waals surface area contributed by atoms with Crippen LogP contribution in [0.3, 0.4) is 0 Å². The molecular formula is C28H31N7O6. The maximum atomic E-state index is 13.2. The van der Waals surface area contributed by atoms with Crippen molar-refractivity contribution in [2.75, 3.05) is 53.5 Å². The lowest BCUT2D eigenvalue weighted by Gasteiger charge is -2.35. The number of nitrogens with zero attached hydrogens (tertiary/aromatic N) is 5. The third-order valence-corrected chi connectivity index (χ3v) is 7.50. The predicted molar refractivity (Wildman–Crippen MR) is 147 cm³/mol. The van der Waals surface area contributed by atoms with Gasteiger partial charge < -0.3 is 34.7 Å². The summed E-state index contributed by atoms with van der Waals surface area (Å²) in [6.45, 7) is 6.21. The van der Waals surface area contributed by atoms with Crippen molar-refractivity contribution < 1.29 is 29.1 Å². The number of carbonyl (C=O) groups excluding carboxylic acids is 3. The Hall–Kier alpha value is -4.83. The number of fused-ring (bicyclic) bond motifs is 1. The zero-order valence-electron chi connectivity index (χ0n) is 23.1. The molecule has 0 unspecified atom stereocenters. The number of oxime groups is 1. The normalized spacial score (nSPS) is 20.8. The highest BCUT2D eigenvalue weighted by Crippen LogP contribution is 2.29. The van der Waals surface area contributed by atoms with E-state index in [0.717, 1.165) is 25.2 Å². The summed E-state index contributed by atoms with van der Waals surface area (Å²) in [5.41, 5.74) is 0.283. The minimum atomic E-state index is -1.71. The van der Waals surface area contributed by atoms with Crippen molar-refractivity contribution in [2.24, 2.45) is 5.16 Å². The molecule has 2 saturated heterocycles. The fourth-order valence-electron chi connectivity index (χ4n) is 5.17. The largest absolute Gasteiger partial charge is 0.497 e. The zero-order chi connectivity index (χ0) is 29.1. The number of nitrogens with one attached hydrogen (secondary N) is 2. The van der Waals surface area contributed by atoms with Gasteiger partial charge in [0.25, 0.3) is 11.8 Å². The lowest BCUT2D eigenvalue weighted by Crippen LogP contribution is -2.54. The van der Waals surface area contributed by atoms with Gasteiger partial charge in [-0.05, 0) is 36.2 Å². The van der Waals surface area contributed by atoms with Gasteiger partial charge in [0.1, 0.15) is 5.75 Å². The molecule has 0 bridgehead atoms. The fraction of sp³-hybridized carbons (Fsp3) is 0.393. The molecule has 2 fully saturated rings. The van der Waals surface area contributed by atoms with Gasteiger partial charge >= 0.3 is 6.03 Å². The van der Waals surface area contributed by atoms with Crippen molar-refractivity contribution in [1.82, 2.24) is 30.3 Å². The molecule has 0 radical (unpaired) electrons. The van der Waals surface area contributed by atoms with E-state index in [0.29, 0.717) is 41.6 Å². The van der Waals surface area contributed by atoms with Crippen LogP contribution in [0.4, 0.5) is 4.79 Å². The molecule has 13 heteroatoms. The number of urea groups is 1. The van der Waals surface area contributed by atoms with E-state index < -0.39 is 17.5 Å². The van der Waals surface area contributed by atoms with Gasteiger partial charge in [0.15, 0.2) is 17.3 Å². The molecule has 2 aromatic rings. The van der Waals surface area contributed by atoms with Gasteiger partial charge in [0, 0.05) is 50.0 Å². The number of carbonyl (C=O) groups is 3. The summed E-state index contributed by atoms with van der Waals surface area (Å²) in [6.07, 6.45) is 1.52. The Bertz CT molecular complexity index is 1470. The molecule has 4 amide bonds. The number of hydrogen-bond donors (Lipinski definition) is 3. The quantitative estimate of drug-likeness (QED) is 0.114. The number of benzene rings is 1. The van der Waals surface area contributed by atoms with Crippen LogP contribution >= 0.6 is 0 Å². The summed E-state index contributed by atoms with van der Waals surface area (Å²) < 4.78 is 10.8. The number of ether oxygens (including phenoxy) is 2. The number of likely N-dealkylation sites (N-methyl/N-ethyl adjacent to an activating group) is 1. The molecule has 3 N–H and O–H groups in total. The maximum absolute atomic E-state index is 13.2. The van der Waals surface area contributed by atoms with Crippen molar-refractivity contribution in [2.45, 2.75) is 19.0 Å². The number of hydrogen-bond acceptors (Lipinski definition) is 9. The molecule has 1 atom stereocenters. The van der Waals surface area contributed by atoms with E-state index in [9.17, 15) is 19.6 Å². The molecule has 41 heavy (non-hydrogen) atoms. The second-order valence-corrected chi connectivity index (χ2v) is 9.87. The molecule has 1 aromatic heterocycles. The molecule has 3 aliphatic heterocycles. The summed E-state index contributed by atoms with van der Waals surface area (Å²) in [5, 5.41) is 18.1. The summed E-state index contributed by atoms with van der Waals surface area (Å²) in [5.74, 6) is 5.94. The SMILES string of the molecule is CCN1CCN(/C(=N/O)c2cnc(C#C[C@]3(CN4Cc5ccc(OC)cc5C4=O)NC(=O)NC3=O)c(OC)c2)CC1. The number of amides is 4. The fourth-order valence-corrected chi connectivity index (χ4v) is 5.17. The number of rotatable bonds is 6. The van der Waals surface area contributed by atoms with Crippen LogP contribution in [0.25, 0.3) is 0 Å². The highest BCUT2D eigenvalue weighted by atomic mass is 16.5. The van der Waals surface area contributed by atoms with Gasteiger partial charge in [-0.3, -0.25) is 14.9 Å². The van der Waals surface area contributed by atoms with Crippen LogP contribution in [0.15, 0.2) is 35.6 Å². The van der Waals surface area contributed by atoms with Crippen molar-refractivity contribution >= 4 is 23.7 Å². The molecule has 0 saturated carbocycles. The number of aromatic nitrogens is 1. The Morgan fingerprint density at radius 2 is 1.93 bits per heavy atom. The second kappa shape index (κ2) is 11.3. The highest BCUT2D eigenvalue weighted by Gasteiger charge is 2.48. The van der Waals surface area contributed by atoms with Crippen LogP contribution in [0.2, 0.25) is 0 Å². The zero-order valence-corrected chi connectivity index (χ0v) is 23.1. The van der Waals surface area contributed by atoms with Crippen molar-refractivity contribution in [3.05, 3.63) is 52.8 Å². The molecule has 0 aliphatic carbocycles. The lowest BCUT2D eigenvalue weighted by atomic mass is 9.99. The van der Waals surface area contributed by atoms with E-state index in [2.05, 4.69) is 44.4 Å². The van der Waals surface area contributed by atoms with E-state index in [4.69, 9.17) is 9.47 Å². The third-order valence-electron chi connectivity index (χ3n) is 7.50. The smallest absolute Gasteiger partial charge is 0.323 e. The van der Waals surface area contributed by atoms with Gasteiger partial charge in [0.05, 0.1) is 20.8 Å². The van der Waals surface area contributed by atoms with Gasteiger partial charge in [-0.2, -0.15) is 0 Å². The highest BCUT2D eigenvalue weighted by molar-refractivity contribution is 6.10. The van der Waals surface area contributed by atoms with E-state index in [1.807, 2.05) is 4.90 Å². The molecule has 0 spiro atoms. The Morgan fingerprint density at radius 3 is 2.56 bits per heavy atom. The van der Waals surface area contributed by atoms with Crippen molar-refractivity contribution in [3.63, 3.8) is 0 Å². The van der Waals surface area contributed by atoms with E-state index in [-0.39, 0.29) is 24.7 Å². The topological polar surface area (TPSA) is 149 Å². The van der Waals surface area contributed by atoms with E-state index >= 15 is 0 Å². The van der Waals surface area contributed by atoms with Gasteiger partial charge in [-0.15, -0.1) is 0 Å². The average Bonchev–Trinajstić information content (AvgIpc) is 3.45. The molecule has 5 rings (SSSR count). The van der Waals surface area contributed by atoms with Crippen LogP contribution < -0.4 is 20.1 Å². The van der Waals surface area contributed by atoms with E-state index in [1.165, 1.54) is 25.3 Å². The average molecular weight is 562 g/mol. The first-order chi connectivity index (χ1) is 19.8. The summed E-state index contributed by atoms with van der Waals surface area (Å²) in [7, 11) is 2.97. The molecule has 1 aromatic carbocycles.